The summed E-state index contributed by atoms with van der Waals surface area (Å²) >= 11 is 2.92. The molecule has 4 atom stereocenters. The summed E-state index contributed by atoms with van der Waals surface area (Å²) in [5.41, 5.74) is -0.695. The summed E-state index contributed by atoms with van der Waals surface area (Å²) in [6.07, 6.45) is 0.391. The average Bonchev–Trinajstić information content (AvgIpc) is 3.17. The van der Waals surface area contributed by atoms with E-state index in [-0.39, 0.29) is 23.0 Å². The van der Waals surface area contributed by atoms with E-state index in [0.29, 0.717) is 17.5 Å². The van der Waals surface area contributed by atoms with Crippen LogP contribution < -0.4 is 5.32 Å². The van der Waals surface area contributed by atoms with Crippen LogP contribution in [0.5, 0.6) is 0 Å². The molecule has 1 heterocycles. The molecule has 1 N–H and O–H groups in total. The molecule has 2 fully saturated rings. The lowest BCUT2D eigenvalue weighted by Crippen LogP contribution is -2.41. The number of alkyl halides is 3. The van der Waals surface area contributed by atoms with Crippen molar-refractivity contribution in [2.24, 2.45) is 17.8 Å². The molecule has 0 aromatic carbocycles. The van der Waals surface area contributed by atoms with Gasteiger partial charge in [-0.25, -0.2) is 0 Å². The fraction of sp³-hybridized carbons (Fsp3) is 0.750. The second-order valence-electron chi connectivity index (χ2n) is 7.10. The van der Waals surface area contributed by atoms with E-state index in [1.807, 2.05) is 6.92 Å². The van der Waals surface area contributed by atoms with E-state index in [1.165, 1.54) is 26.2 Å². The van der Waals surface area contributed by atoms with Crippen LogP contribution >= 0.6 is 15.9 Å². The quantitative estimate of drug-likeness (QED) is 0.821. The Labute approximate surface area is 147 Å². The molecule has 0 spiro atoms. The van der Waals surface area contributed by atoms with E-state index >= 15 is 0 Å². The van der Waals surface area contributed by atoms with E-state index < -0.39 is 11.9 Å². The molecule has 2 saturated carbocycles. The SMILES string of the molecule is Cc1c(Br)c(C(F)(F)F)nn1CC(=O)N[C@H](C)[C@@H]1C[C@@H]2CC[C@@H]1C2. The highest BCUT2D eigenvalue weighted by Crippen LogP contribution is 2.49. The maximum Gasteiger partial charge on any atom is 0.436 e. The Morgan fingerprint density at radius 1 is 1.42 bits per heavy atom. The highest BCUT2D eigenvalue weighted by molar-refractivity contribution is 9.10. The third-order valence-corrected chi connectivity index (χ3v) is 6.47. The van der Waals surface area contributed by atoms with Crippen molar-refractivity contribution in [1.82, 2.24) is 15.1 Å². The molecule has 4 nitrogen and oxygen atoms in total. The molecule has 2 aliphatic carbocycles. The van der Waals surface area contributed by atoms with Gasteiger partial charge in [0.25, 0.3) is 0 Å². The minimum Gasteiger partial charge on any atom is -0.352 e. The smallest absolute Gasteiger partial charge is 0.352 e. The minimum atomic E-state index is -4.54. The molecule has 3 rings (SSSR count). The van der Waals surface area contributed by atoms with Gasteiger partial charge in [-0.05, 0) is 66.8 Å². The van der Waals surface area contributed by atoms with E-state index in [9.17, 15) is 18.0 Å². The van der Waals surface area contributed by atoms with Crippen molar-refractivity contribution in [3.05, 3.63) is 15.9 Å². The number of carbonyl (C=O) groups excluding carboxylic acids is 1. The van der Waals surface area contributed by atoms with Crippen molar-refractivity contribution < 1.29 is 18.0 Å². The first kappa shape index (κ1) is 17.8. The van der Waals surface area contributed by atoms with Gasteiger partial charge in [0.05, 0.1) is 10.2 Å². The first-order chi connectivity index (χ1) is 11.2. The Morgan fingerprint density at radius 2 is 2.12 bits per heavy atom. The van der Waals surface area contributed by atoms with Crippen LogP contribution in [0.15, 0.2) is 4.47 Å². The zero-order valence-electron chi connectivity index (χ0n) is 13.7. The van der Waals surface area contributed by atoms with Gasteiger partial charge in [-0.15, -0.1) is 0 Å². The van der Waals surface area contributed by atoms with Crippen LogP contribution in [0.4, 0.5) is 13.2 Å². The number of amides is 1. The van der Waals surface area contributed by atoms with Crippen LogP contribution in [0.2, 0.25) is 0 Å². The molecule has 0 unspecified atom stereocenters. The summed E-state index contributed by atoms with van der Waals surface area (Å²) in [4.78, 5) is 12.2. The van der Waals surface area contributed by atoms with Crippen LogP contribution in [0.1, 0.15) is 44.0 Å². The normalized spacial score (nSPS) is 27.5. The number of hydrogen-bond donors (Lipinski definition) is 1. The number of aromatic nitrogens is 2. The third-order valence-electron chi connectivity index (χ3n) is 5.52. The number of nitrogens with zero attached hydrogens (tertiary/aromatic N) is 2. The highest BCUT2D eigenvalue weighted by atomic mass is 79.9. The lowest BCUT2D eigenvalue weighted by atomic mass is 9.84. The summed E-state index contributed by atoms with van der Waals surface area (Å²) in [6, 6.07) is 0.0502. The fourth-order valence-corrected chi connectivity index (χ4v) is 4.82. The number of nitrogens with one attached hydrogen (secondary N) is 1. The molecule has 1 aromatic heterocycles. The average molecular weight is 408 g/mol. The van der Waals surface area contributed by atoms with Crippen LogP contribution in [0.25, 0.3) is 0 Å². The van der Waals surface area contributed by atoms with Crippen LogP contribution in [0, 0.1) is 24.7 Å². The number of carbonyl (C=O) groups is 1. The molecule has 0 aliphatic heterocycles. The number of rotatable bonds is 4. The maximum absolute atomic E-state index is 12.9. The second-order valence-corrected chi connectivity index (χ2v) is 7.89. The number of hydrogen-bond acceptors (Lipinski definition) is 2. The van der Waals surface area contributed by atoms with Gasteiger partial charge in [-0.3, -0.25) is 9.48 Å². The molecule has 2 aliphatic rings. The van der Waals surface area contributed by atoms with Gasteiger partial charge in [0.1, 0.15) is 6.54 Å². The first-order valence-electron chi connectivity index (χ1n) is 8.26. The lowest BCUT2D eigenvalue weighted by Gasteiger charge is -2.28. The molecule has 8 heteroatoms. The van der Waals surface area contributed by atoms with Crippen molar-refractivity contribution in [2.75, 3.05) is 0 Å². The number of halogens is 4. The zero-order valence-corrected chi connectivity index (χ0v) is 15.2. The summed E-state index contributed by atoms with van der Waals surface area (Å²) in [6.45, 7) is 3.31. The van der Waals surface area contributed by atoms with E-state index in [1.54, 1.807) is 0 Å². The zero-order chi connectivity index (χ0) is 17.6. The number of fused-ring (bicyclic) bond motifs is 2. The largest absolute Gasteiger partial charge is 0.436 e. The molecule has 0 radical (unpaired) electrons. The van der Waals surface area contributed by atoms with Gasteiger partial charge in [0.2, 0.25) is 5.91 Å². The Bertz CT molecular complexity index is 643. The Morgan fingerprint density at radius 3 is 2.62 bits per heavy atom. The summed E-state index contributed by atoms with van der Waals surface area (Å²) in [5.74, 6) is 1.67. The van der Waals surface area contributed by atoms with Gasteiger partial charge in [-0.1, -0.05) is 6.42 Å². The molecule has 1 aromatic rings. The standard InChI is InChI=1S/C16H21BrF3N3O/c1-8(12-6-10-3-4-11(12)5-10)21-13(24)7-23-9(2)14(17)15(22-23)16(18,19)20/h8,10-12H,3-7H2,1-2H3,(H,21,24)/t8-,10-,11-,12+/m1/s1. The predicted octanol–water partition coefficient (Wildman–Crippen LogP) is 3.91. The summed E-state index contributed by atoms with van der Waals surface area (Å²) in [5, 5.41) is 6.50. The molecule has 2 bridgehead atoms. The van der Waals surface area contributed by atoms with Crippen LogP contribution in [0.3, 0.4) is 0 Å². The maximum atomic E-state index is 12.9. The third kappa shape index (κ3) is 3.34. The molecule has 0 saturated heterocycles. The second kappa shape index (κ2) is 6.35. The Hall–Kier alpha value is -1.05. The highest BCUT2D eigenvalue weighted by Gasteiger charge is 2.42. The van der Waals surface area contributed by atoms with E-state index in [0.717, 1.165) is 17.0 Å². The van der Waals surface area contributed by atoms with Gasteiger partial charge < -0.3 is 5.32 Å². The minimum absolute atomic E-state index is 0.0502. The Kier molecular flexibility index (Phi) is 4.70. The van der Waals surface area contributed by atoms with Crippen LogP contribution in [-0.4, -0.2) is 21.7 Å². The van der Waals surface area contributed by atoms with Gasteiger partial charge in [-0.2, -0.15) is 18.3 Å². The van der Waals surface area contributed by atoms with Crippen molar-refractivity contribution in [1.29, 1.82) is 0 Å². The molecular formula is C16H21BrF3N3O. The first-order valence-corrected chi connectivity index (χ1v) is 9.05. The topological polar surface area (TPSA) is 46.9 Å². The van der Waals surface area contributed by atoms with E-state index in [4.69, 9.17) is 0 Å². The van der Waals surface area contributed by atoms with Gasteiger partial charge >= 0.3 is 6.18 Å². The molecule has 24 heavy (non-hydrogen) atoms. The summed E-state index contributed by atoms with van der Waals surface area (Å²) < 4.78 is 39.6. The molecular weight excluding hydrogens is 387 g/mol. The van der Waals surface area contributed by atoms with Crippen molar-refractivity contribution in [3.8, 4) is 0 Å². The predicted molar refractivity (Wildman–Crippen MR) is 86.2 cm³/mol. The van der Waals surface area contributed by atoms with Crippen molar-refractivity contribution in [2.45, 2.75) is 58.3 Å². The van der Waals surface area contributed by atoms with Crippen LogP contribution in [-0.2, 0) is 17.5 Å². The Balaban J connectivity index is 1.63. The van der Waals surface area contributed by atoms with Crippen molar-refractivity contribution in [3.63, 3.8) is 0 Å². The monoisotopic (exact) mass is 407 g/mol. The lowest BCUT2D eigenvalue weighted by molar-refractivity contribution is -0.142. The summed E-state index contributed by atoms with van der Waals surface area (Å²) in [7, 11) is 0. The van der Waals surface area contributed by atoms with Crippen molar-refractivity contribution >= 4 is 21.8 Å². The van der Waals surface area contributed by atoms with E-state index in [2.05, 4.69) is 26.3 Å². The van der Waals surface area contributed by atoms with Gasteiger partial charge in [0, 0.05) is 6.04 Å². The fourth-order valence-electron chi connectivity index (χ4n) is 4.31. The molecule has 1 amide bonds. The molecule has 134 valence electrons. The van der Waals surface area contributed by atoms with Gasteiger partial charge in [0.15, 0.2) is 5.69 Å².